The topological polar surface area (TPSA) is 97.5 Å². The Labute approximate surface area is 163 Å². The van der Waals surface area contributed by atoms with Gasteiger partial charge in [-0.2, -0.15) is 0 Å². The van der Waals surface area contributed by atoms with E-state index in [4.69, 9.17) is 9.47 Å². The number of hydrogen-bond donors (Lipinski definition) is 2. The molecule has 0 fully saturated rings. The molecule has 2 N–H and O–H groups in total. The Kier molecular flexibility index (Phi) is 6.73. The third-order valence-corrected chi connectivity index (χ3v) is 4.15. The summed E-state index contributed by atoms with van der Waals surface area (Å²) < 4.78 is 24.2. The highest BCUT2D eigenvalue weighted by Gasteiger charge is 2.24. The summed E-state index contributed by atoms with van der Waals surface area (Å²) in [4.78, 5) is 38.9. The lowest BCUT2D eigenvalue weighted by Gasteiger charge is -2.08. The van der Waals surface area contributed by atoms with E-state index in [1.54, 1.807) is 26.8 Å². The quantitative estimate of drug-likeness (QED) is 0.669. The van der Waals surface area contributed by atoms with Gasteiger partial charge < -0.3 is 19.8 Å². The largest absolute Gasteiger partial charge is 0.461 e. The van der Waals surface area contributed by atoms with Crippen molar-refractivity contribution in [1.29, 1.82) is 0 Å². The molecule has 2 rings (SSSR count). The normalized spacial score (nSPS) is 10.4. The second kappa shape index (κ2) is 8.81. The smallest absolute Gasteiger partial charge is 0.355 e. The molecule has 27 heavy (non-hydrogen) atoms. The Morgan fingerprint density at radius 3 is 2.52 bits per heavy atom. The van der Waals surface area contributed by atoms with Crippen LogP contribution in [0.4, 0.5) is 10.1 Å². The first kappa shape index (κ1) is 20.6. The first-order chi connectivity index (χ1) is 12.7. The zero-order valence-electron chi connectivity index (χ0n) is 14.9. The fraction of sp³-hybridized carbons (Fsp3) is 0.278. The molecule has 0 aliphatic heterocycles. The third kappa shape index (κ3) is 4.94. The minimum atomic E-state index is -0.775. The van der Waals surface area contributed by atoms with Gasteiger partial charge in [0, 0.05) is 10.2 Å². The van der Waals surface area contributed by atoms with Crippen molar-refractivity contribution in [3.8, 4) is 0 Å². The van der Waals surface area contributed by atoms with Gasteiger partial charge in [-0.1, -0.05) is 15.9 Å². The van der Waals surface area contributed by atoms with Crippen LogP contribution in [0.2, 0.25) is 0 Å². The molecule has 1 aromatic heterocycles. The SMILES string of the molecule is CCOC(=O)c1[nH]c(C)c(C(=O)OCC(=O)Nc2ccc(Br)cc2F)c1C. The number of anilines is 1. The molecule has 1 amide bonds. The van der Waals surface area contributed by atoms with Gasteiger partial charge in [-0.05, 0) is 44.5 Å². The molecule has 0 aliphatic rings. The molecular formula is C18H18BrFN2O5. The van der Waals surface area contributed by atoms with E-state index >= 15 is 0 Å². The molecule has 2 aromatic rings. The van der Waals surface area contributed by atoms with Crippen molar-refractivity contribution in [2.75, 3.05) is 18.5 Å². The van der Waals surface area contributed by atoms with E-state index in [-0.39, 0.29) is 23.6 Å². The van der Waals surface area contributed by atoms with E-state index in [2.05, 4.69) is 26.2 Å². The number of H-pyrrole nitrogens is 1. The third-order valence-electron chi connectivity index (χ3n) is 3.66. The van der Waals surface area contributed by atoms with Crippen molar-refractivity contribution in [2.24, 2.45) is 0 Å². The molecule has 144 valence electrons. The lowest BCUT2D eigenvalue weighted by molar-refractivity contribution is -0.119. The number of carbonyl (C=O) groups excluding carboxylic acids is 3. The second-order valence-electron chi connectivity index (χ2n) is 5.59. The first-order valence-electron chi connectivity index (χ1n) is 8.02. The molecule has 0 bridgehead atoms. The average Bonchev–Trinajstić information content (AvgIpc) is 2.90. The Morgan fingerprint density at radius 2 is 1.89 bits per heavy atom. The number of ether oxygens (including phenoxy) is 2. The number of benzene rings is 1. The van der Waals surface area contributed by atoms with E-state index in [1.807, 2.05) is 0 Å². The molecule has 1 heterocycles. The predicted molar refractivity (Wildman–Crippen MR) is 99.2 cm³/mol. The van der Waals surface area contributed by atoms with Crippen LogP contribution in [-0.2, 0) is 14.3 Å². The molecule has 0 spiro atoms. The van der Waals surface area contributed by atoms with Crippen molar-refractivity contribution in [3.63, 3.8) is 0 Å². The number of halogens is 2. The zero-order chi connectivity index (χ0) is 20.1. The monoisotopic (exact) mass is 440 g/mol. The molecule has 0 aliphatic carbocycles. The zero-order valence-corrected chi connectivity index (χ0v) is 16.5. The van der Waals surface area contributed by atoms with E-state index in [0.717, 1.165) is 0 Å². The highest BCUT2D eigenvalue weighted by molar-refractivity contribution is 9.10. The molecule has 0 atom stereocenters. The van der Waals surface area contributed by atoms with Crippen LogP contribution < -0.4 is 5.32 Å². The van der Waals surface area contributed by atoms with Crippen LogP contribution in [0.5, 0.6) is 0 Å². The van der Waals surface area contributed by atoms with Crippen molar-refractivity contribution in [3.05, 3.63) is 51.0 Å². The van der Waals surface area contributed by atoms with Gasteiger partial charge in [-0.25, -0.2) is 14.0 Å². The van der Waals surface area contributed by atoms with Crippen molar-refractivity contribution in [1.82, 2.24) is 4.98 Å². The molecular weight excluding hydrogens is 423 g/mol. The van der Waals surface area contributed by atoms with Gasteiger partial charge in [0.25, 0.3) is 5.91 Å². The summed E-state index contributed by atoms with van der Waals surface area (Å²) in [6.45, 7) is 4.44. The molecule has 9 heteroatoms. The Balaban J connectivity index is 2.03. The second-order valence-corrected chi connectivity index (χ2v) is 6.51. The fourth-order valence-electron chi connectivity index (χ4n) is 2.44. The van der Waals surface area contributed by atoms with Crippen molar-refractivity contribution in [2.45, 2.75) is 20.8 Å². The molecule has 7 nitrogen and oxygen atoms in total. The maximum Gasteiger partial charge on any atom is 0.355 e. The number of aromatic amines is 1. The van der Waals surface area contributed by atoms with Crippen LogP contribution in [0.15, 0.2) is 22.7 Å². The number of esters is 2. The summed E-state index contributed by atoms with van der Waals surface area (Å²) in [6.07, 6.45) is 0. The maximum atomic E-state index is 13.7. The molecule has 0 unspecified atom stereocenters. The van der Waals surface area contributed by atoms with Crippen LogP contribution in [0.1, 0.15) is 39.0 Å². The molecule has 0 saturated carbocycles. The van der Waals surface area contributed by atoms with Gasteiger partial charge in [-0.3, -0.25) is 4.79 Å². The van der Waals surface area contributed by atoms with Gasteiger partial charge in [0.05, 0.1) is 17.9 Å². The standard InChI is InChI=1S/C18H18BrFN2O5/c1-4-26-18(25)16-9(2)15(10(3)21-16)17(24)27-8-14(23)22-13-6-5-11(19)7-12(13)20/h5-7,21H,4,8H2,1-3H3,(H,22,23). The van der Waals surface area contributed by atoms with Gasteiger partial charge in [0.15, 0.2) is 6.61 Å². The van der Waals surface area contributed by atoms with Crippen LogP contribution in [-0.4, -0.2) is 36.0 Å². The highest BCUT2D eigenvalue weighted by atomic mass is 79.9. The number of aromatic nitrogens is 1. The Hall–Kier alpha value is -2.68. The Bertz CT molecular complexity index is 894. The van der Waals surface area contributed by atoms with E-state index in [1.165, 1.54) is 12.1 Å². The number of carbonyl (C=O) groups is 3. The lowest BCUT2D eigenvalue weighted by atomic mass is 10.1. The van der Waals surface area contributed by atoms with Crippen LogP contribution >= 0.6 is 15.9 Å². The lowest BCUT2D eigenvalue weighted by Crippen LogP contribution is -2.22. The molecule has 0 saturated heterocycles. The van der Waals surface area contributed by atoms with Gasteiger partial charge in [0.2, 0.25) is 0 Å². The van der Waals surface area contributed by atoms with Crippen LogP contribution in [0, 0.1) is 19.7 Å². The van der Waals surface area contributed by atoms with E-state index in [9.17, 15) is 18.8 Å². The average molecular weight is 441 g/mol. The van der Waals surface area contributed by atoms with Crippen molar-refractivity contribution < 1.29 is 28.2 Å². The number of hydrogen-bond acceptors (Lipinski definition) is 5. The maximum absolute atomic E-state index is 13.7. The summed E-state index contributed by atoms with van der Waals surface area (Å²) in [5.74, 6) is -2.68. The summed E-state index contributed by atoms with van der Waals surface area (Å²) in [5.41, 5.74) is 1.07. The number of amides is 1. The summed E-state index contributed by atoms with van der Waals surface area (Å²) in [5, 5.41) is 2.32. The van der Waals surface area contributed by atoms with Gasteiger partial charge in [0.1, 0.15) is 11.5 Å². The van der Waals surface area contributed by atoms with E-state index < -0.39 is 30.3 Å². The summed E-state index contributed by atoms with van der Waals surface area (Å²) in [7, 11) is 0. The summed E-state index contributed by atoms with van der Waals surface area (Å²) >= 11 is 3.12. The summed E-state index contributed by atoms with van der Waals surface area (Å²) in [6, 6.07) is 4.14. The first-order valence-corrected chi connectivity index (χ1v) is 8.82. The van der Waals surface area contributed by atoms with Gasteiger partial charge >= 0.3 is 11.9 Å². The van der Waals surface area contributed by atoms with Crippen molar-refractivity contribution >= 4 is 39.5 Å². The number of nitrogens with one attached hydrogen (secondary N) is 2. The Morgan fingerprint density at radius 1 is 1.19 bits per heavy atom. The van der Waals surface area contributed by atoms with E-state index in [0.29, 0.717) is 15.7 Å². The molecule has 0 radical (unpaired) electrons. The number of aryl methyl sites for hydroxylation is 1. The van der Waals surface area contributed by atoms with Crippen LogP contribution in [0.3, 0.4) is 0 Å². The minimum Gasteiger partial charge on any atom is -0.461 e. The highest BCUT2D eigenvalue weighted by Crippen LogP contribution is 2.21. The van der Waals surface area contributed by atoms with Gasteiger partial charge in [-0.15, -0.1) is 0 Å². The number of rotatable bonds is 6. The molecule has 1 aromatic carbocycles. The van der Waals surface area contributed by atoms with Crippen LogP contribution in [0.25, 0.3) is 0 Å². The predicted octanol–water partition coefficient (Wildman–Crippen LogP) is 3.51. The fourth-order valence-corrected chi connectivity index (χ4v) is 2.78. The minimum absolute atomic E-state index is 0.0298.